The van der Waals surface area contributed by atoms with Gasteiger partial charge in [-0.1, -0.05) is 0 Å². The van der Waals surface area contributed by atoms with Gasteiger partial charge in [0.1, 0.15) is 0 Å². The van der Waals surface area contributed by atoms with Gasteiger partial charge in [-0.05, 0) is 63.3 Å². The summed E-state index contributed by atoms with van der Waals surface area (Å²) in [5, 5.41) is 0. The minimum atomic E-state index is 0.623. The van der Waals surface area contributed by atoms with Gasteiger partial charge in [0.2, 0.25) is 0 Å². The fraction of sp³-hybridized carbons (Fsp3) is 0.571. The van der Waals surface area contributed by atoms with E-state index in [0.717, 1.165) is 12.2 Å². The summed E-state index contributed by atoms with van der Waals surface area (Å²) in [6, 6.07) is 4.97. The molecule has 0 radical (unpaired) electrons. The van der Waals surface area contributed by atoms with E-state index >= 15 is 0 Å². The average Bonchev–Trinajstić information content (AvgIpc) is 2.25. The van der Waals surface area contributed by atoms with Crippen LogP contribution >= 0.6 is 0 Å². The highest BCUT2D eigenvalue weighted by Crippen LogP contribution is 2.31. The molecular weight excluding hydrogens is 196 g/mol. The molecule has 1 heterocycles. The number of hydrogen-bond acceptors (Lipinski definition) is 2. The standard InChI is InChI=1S/C14H22N2/c1-10-8-13(15)14(9-11(10)2)16-7-5-4-6-12(16)3/h8-9,12H,4-7,15H2,1-3H3. The van der Waals surface area contributed by atoms with Crippen LogP contribution < -0.4 is 10.6 Å². The normalized spacial score (nSPS) is 21.2. The molecule has 0 bridgehead atoms. The van der Waals surface area contributed by atoms with Gasteiger partial charge in [0.05, 0.1) is 11.4 Å². The first kappa shape index (κ1) is 11.3. The highest BCUT2D eigenvalue weighted by atomic mass is 15.2. The van der Waals surface area contributed by atoms with E-state index in [-0.39, 0.29) is 0 Å². The molecule has 1 aromatic carbocycles. The number of aryl methyl sites for hydroxylation is 2. The van der Waals surface area contributed by atoms with Crippen LogP contribution in [0.5, 0.6) is 0 Å². The molecule has 1 aliphatic rings. The van der Waals surface area contributed by atoms with Gasteiger partial charge in [0.15, 0.2) is 0 Å². The highest BCUT2D eigenvalue weighted by Gasteiger charge is 2.20. The van der Waals surface area contributed by atoms with E-state index in [2.05, 4.69) is 37.8 Å². The summed E-state index contributed by atoms with van der Waals surface area (Å²) in [4.78, 5) is 2.46. The Hall–Kier alpha value is -1.18. The fourth-order valence-corrected chi connectivity index (χ4v) is 2.53. The van der Waals surface area contributed by atoms with Crippen LogP contribution in [0, 0.1) is 13.8 Å². The van der Waals surface area contributed by atoms with E-state index in [9.17, 15) is 0 Å². The van der Waals surface area contributed by atoms with Crippen LogP contribution in [0.3, 0.4) is 0 Å². The van der Waals surface area contributed by atoms with Crippen LogP contribution in [-0.2, 0) is 0 Å². The van der Waals surface area contributed by atoms with Crippen molar-refractivity contribution in [2.75, 3.05) is 17.2 Å². The van der Waals surface area contributed by atoms with Gasteiger partial charge in [0, 0.05) is 12.6 Å². The number of hydrogen-bond donors (Lipinski definition) is 1. The summed E-state index contributed by atoms with van der Waals surface area (Å²) in [5.41, 5.74) is 10.9. The summed E-state index contributed by atoms with van der Waals surface area (Å²) in [6.07, 6.45) is 3.92. The number of rotatable bonds is 1. The lowest BCUT2D eigenvalue weighted by Gasteiger charge is -2.36. The summed E-state index contributed by atoms with van der Waals surface area (Å²) in [6.45, 7) is 7.73. The molecule has 1 atom stereocenters. The van der Waals surface area contributed by atoms with E-state index in [0.29, 0.717) is 6.04 Å². The van der Waals surface area contributed by atoms with E-state index in [4.69, 9.17) is 5.73 Å². The van der Waals surface area contributed by atoms with Crippen molar-refractivity contribution >= 4 is 11.4 Å². The molecule has 1 unspecified atom stereocenters. The summed E-state index contributed by atoms with van der Waals surface area (Å²) >= 11 is 0. The SMILES string of the molecule is Cc1cc(N)c(N2CCCCC2C)cc1C. The Kier molecular flexibility index (Phi) is 3.08. The van der Waals surface area contributed by atoms with Crippen LogP contribution in [0.4, 0.5) is 11.4 Å². The second-order valence-corrected chi connectivity index (χ2v) is 5.03. The van der Waals surface area contributed by atoms with Gasteiger partial charge in [-0.2, -0.15) is 0 Å². The maximum Gasteiger partial charge on any atom is 0.0605 e. The molecule has 2 heteroatoms. The summed E-state index contributed by atoms with van der Waals surface area (Å²) < 4.78 is 0. The molecule has 0 aromatic heterocycles. The number of nitrogens with zero attached hydrogens (tertiary/aromatic N) is 1. The Morgan fingerprint density at radius 3 is 2.56 bits per heavy atom. The van der Waals surface area contributed by atoms with Crippen molar-refractivity contribution in [2.24, 2.45) is 0 Å². The maximum atomic E-state index is 6.14. The molecular formula is C14H22N2. The van der Waals surface area contributed by atoms with Gasteiger partial charge in [0.25, 0.3) is 0 Å². The Labute approximate surface area is 98.4 Å². The third-order valence-electron chi connectivity index (χ3n) is 3.76. The zero-order valence-electron chi connectivity index (χ0n) is 10.6. The molecule has 1 saturated heterocycles. The maximum absolute atomic E-state index is 6.14. The van der Waals surface area contributed by atoms with E-state index in [1.165, 1.54) is 36.1 Å². The third-order valence-corrected chi connectivity index (χ3v) is 3.76. The zero-order chi connectivity index (χ0) is 11.7. The predicted molar refractivity (Wildman–Crippen MR) is 71.0 cm³/mol. The van der Waals surface area contributed by atoms with Gasteiger partial charge in [-0.15, -0.1) is 0 Å². The van der Waals surface area contributed by atoms with Crippen molar-refractivity contribution in [3.8, 4) is 0 Å². The number of benzene rings is 1. The first-order valence-electron chi connectivity index (χ1n) is 6.23. The lowest BCUT2D eigenvalue weighted by Crippen LogP contribution is -2.37. The molecule has 2 rings (SSSR count). The first-order chi connectivity index (χ1) is 7.59. The molecule has 0 amide bonds. The molecule has 1 aromatic rings. The Morgan fingerprint density at radius 2 is 1.88 bits per heavy atom. The topological polar surface area (TPSA) is 29.3 Å². The number of piperidine rings is 1. The predicted octanol–water partition coefficient (Wildman–Crippen LogP) is 3.26. The summed E-state index contributed by atoms with van der Waals surface area (Å²) in [5.74, 6) is 0. The van der Waals surface area contributed by atoms with Gasteiger partial charge >= 0.3 is 0 Å². The van der Waals surface area contributed by atoms with Gasteiger partial charge < -0.3 is 10.6 Å². The van der Waals surface area contributed by atoms with Crippen molar-refractivity contribution in [1.82, 2.24) is 0 Å². The van der Waals surface area contributed by atoms with E-state index < -0.39 is 0 Å². The molecule has 0 spiro atoms. The quantitative estimate of drug-likeness (QED) is 0.733. The fourth-order valence-electron chi connectivity index (χ4n) is 2.53. The van der Waals surface area contributed by atoms with Crippen LogP contribution in [0.1, 0.15) is 37.3 Å². The molecule has 2 nitrogen and oxygen atoms in total. The lowest BCUT2D eigenvalue weighted by molar-refractivity contribution is 0.485. The van der Waals surface area contributed by atoms with Crippen molar-refractivity contribution in [2.45, 2.75) is 46.1 Å². The molecule has 2 N–H and O–H groups in total. The molecule has 0 saturated carbocycles. The average molecular weight is 218 g/mol. The summed E-state index contributed by atoms with van der Waals surface area (Å²) in [7, 11) is 0. The Bertz CT molecular complexity index is 385. The first-order valence-corrected chi connectivity index (χ1v) is 6.23. The Morgan fingerprint density at radius 1 is 1.19 bits per heavy atom. The molecule has 1 aliphatic heterocycles. The second kappa shape index (κ2) is 4.36. The molecule has 0 aliphatic carbocycles. The third kappa shape index (κ3) is 2.01. The molecule has 1 fully saturated rings. The second-order valence-electron chi connectivity index (χ2n) is 5.03. The Balaban J connectivity index is 2.35. The van der Waals surface area contributed by atoms with Crippen LogP contribution in [0.15, 0.2) is 12.1 Å². The van der Waals surface area contributed by atoms with Crippen molar-refractivity contribution in [3.05, 3.63) is 23.3 Å². The van der Waals surface area contributed by atoms with Crippen molar-refractivity contribution < 1.29 is 0 Å². The van der Waals surface area contributed by atoms with E-state index in [1.807, 2.05) is 0 Å². The van der Waals surface area contributed by atoms with Crippen molar-refractivity contribution in [3.63, 3.8) is 0 Å². The van der Waals surface area contributed by atoms with Gasteiger partial charge in [-0.25, -0.2) is 0 Å². The minimum absolute atomic E-state index is 0.623. The smallest absolute Gasteiger partial charge is 0.0605 e. The minimum Gasteiger partial charge on any atom is -0.397 e. The van der Waals surface area contributed by atoms with Crippen LogP contribution in [0.25, 0.3) is 0 Å². The lowest BCUT2D eigenvalue weighted by atomic mass is 10.0. The monoisotopic (exact) mass is 218 g/mol. The van der Waals surface area contributed by atoms with Crippen LogP contribution in [-0.4, -0.2) is 12.6 Å². The van der Waals surface area contributed by atoms with Gasteiger partial charge in [-0.3, -0.25) is 0 Å². The van der Waals surface area contributed by atoms with Crippen LogP contribution in [0.2, 0.25) is 0 Å². The molecule has 88 valence electrons. The zero-order valence-corrected chi connectivity index (χ0v) is 10.6. The number of nitrogen functional groups attached to an aromatic ring is 1. The van der Waals surface area contributed by atoms with Crippen molar-refractivity contribution in [1.29, 1.82) is 0 Å². The van der Waals surface area contributed by atoms with E-state index in [1.54, 1.807) is 0 Å². The molecule has 16 heavy (non-hydrogen) atoms. The number of nitrogens with two attached hydrogens (primary N) is 1. The number of anilines is 2. The highest BCUT2D eigenvalue weighted by molar-refractivity contribution is 5.70. The largest absolute Gasteiger partial charge is 0.397 e.